The van der Waals surface area contributed by atoms with E-state index in [1.165, 1.54) is 10.5 Å². The fourth-order valence-corrected chi connectivity index (χ4v) is 1.70. The summed E-state index contributed by atoms with van der Waals surface area (Å²) < 4.78 is 0. The van der Waals surface area contributed by atoms with Crippen LogP contribution in [0.1, 0.15) is 18.9 Å². The summed E-state index contributed by atoms with van der Waals surface area (Å²) in [5.74, 6) is 0. The summed E-state index contributed by atoms with van der Waals surface area (Å²) >= 11 is 1.76. The molecule has 0 fully saturated rings. The molecule has 0 heterocycles. The summed E-state index contributed by atoms with van der Waals surface area (Å²) in [6, 6.07) is 8.55. The summed E-state index contributed by atoms with van der Waals surface area (Å²) in [7, 11) is 0. The van der Waals surface area contributed by atoms with E-state index in [1.807, 2.05) is 6.92 Å². The summed E-state index contributed by atoms with van der Waals surface area (Å²) in [6.45, 7) is 3.55. The van der Waals surface area contributed by atoms with Gasteiger partial charge in [0.05, 0.1) is 6.10 Å². The Balaban J connectivity index is 2.25. The minimum Gasteiger partial charge on any atom is -0.393 e. The topological polar surface area (TPSA) is 32.3 Å². The van der Waals surface area contributed by atoms with Gasteiger partial charge in [-0.3, -0.25) is 0 Å². The molecule has 0 saturated heterocycles. The number of aliphatic hydroxyl groups excluding tert-OH is 1. The van der Waals surface area contributed by atoms with Gasteiger partial charge in [0.2, 0.25) is 0 Å². The zero-order valence-corrected chi connectivity index (χ0v) is 10.2. The van der Waals surface area contributed by atoms with Crippen LogP contribution in [0.5, 0.6) is 0 Å². The Morgan fingerprint density at radius 2 is 2.00 bits per heavy atom. The lowest BCUT2D eigenvalue weighted by Crippen LogP contribution is -2.18. The molecule has 0 radical (unpaired) electrons. The van der Waals surface area contributed by atoms with Gasteiger partial charge in [-0.15, -0.1) is 11.8 Å². The molecule has 2 N–H and O–H groups in total. The van der Waals surface area contributed by atoms with Crippen LogP contribution in [0.2, 0.25) is 0 Å². The molecule has 1 aromatic rings. The summed E-state index contributed by atoms with van der Waals surface area (Å²) in [5, 5.41) is 12.4. The molecule has 15 heavy (non-hydrogen) atoms. The Hall–Kier alpha value is -0.510. The molecule has 1 aromatic carbocycles. The van der Waals surface area contributed by atoms with Gasteiger partial charge >= 0.3 is 0 Å². The smallest absolute Gasteiger partial charge is 0.0524 e. The highest BCUT2D eigenvalue weighted by molar-refractivity contribution is 7.98. The van der Waals surface area contributed by atoms with Crippen molar-refractivity contribution in [3.8, 4) is 0 Å². The molecule has 0 unspecified atom stereocenters. The lowest BCUT2D eigenvalue weighted by molar-refractivity contribution is 0.183. The largest absolute Gasteiger partial charge is 0.393 e. The van der Waals surface area contributed by atoms with Gasteiger partial charge in [0.25, 0.3) is 0 Å². The molecular weight excluding hydrogens is 206 g/mol. The van der Waals surface area contributed by atoms with Crippen molar-refractivity contribution in [3.63, 3.8) is 0 Å². The van der Waals surface area contributed by atoms with E-state index in [4.69, 9.17) is 5.11 Å². The Labute approximate surface area is 96.1 Å². The molecular formula is C12H19NOS. The maximum atomic E-state index is 9.08. The van der Waals surface area contributed by atoms with E-state index in [0.717, 1.165) is 19.5 Å². The first kappa shape index (κ1) is 12.6. The van der Waals surface area contributed by atoms with E-state index in [0.29, 0.717) is 0 Å². The van der Waals surface area contributed by atoms with Crippen LogP contribution < -0.4 is 5.32 Å². The Morgan fingerprint density at radius 1 is 1.33 bits per heavy atom. The van der Waals surface area contributed by atoms with Crippen molar-refractivity contribution in [3.05, 3.63) is 29.8 Å². The average Bonchev–Trinajstić information content (AvgIpc) is 2.25. The number of hydrogen-bond acceptors (Lipinski definition) is 3. The zero-order valence-electron chi connectivity index (χ0n) is 9.36. The van der Waals surface area contributed by atoms with Gasteiger partial charge in [0, 0.05) is 11.4 Å². The van der Waals surface area contributed by atoms with Gasteiger partial charge in [-0.2, -0.15) is 0 Å². The Morgan fingerprint density at radius 3 is 2.53 bits per heavy atom. The van der Waals surface area contributed by atoms with Crippen LogP contribution in [-0.4, -0.2) is 24.0 Å². The van der Waals surface area contributed by atoms with Gasteiger partial charge in [-0.1, -0.05) is 12.1 Å². The normalized spacial score (nSPS) is 12.7. The van der Waals surface area contributed by atoms with Gasteiger partial charge in [0.1, 0.15) is 0 Å². The predicted octanol–water partition coefficient (Wildman–Crippen LogP) is 2.27. The van der Waals surface area contributed by atoms with Crippen molar-refractivity contribution in [2.24, 2.45) is 0 Å². The third kappa shape index (κ3) is 5.21. The maximum Gasteiger partial charge on any atom is 0.0524 e. The van der Waals surface area contributed by atoms with E-state index in [9.17, 15) is 0 Å². The van der Waals surface area contributed by atoms with Crippen LogP contribution >= 0.6 is 11.8 Å². The van der Waals surface area contributed by atoms with E-state index in [1.54, 1.807) is 11.8 Å². The molecule has 0 aromatic heterocycles. The summed E-state index contributed by atoms with van der Waals surface area (Å²) in [5.41, 5.74) is 1.29. The molecule has 0 amide bonds. The molecule has 0 aliphatic rings. The minimum atomic E-state index is -0.212. The Kier molecular flexibility index (Phi) is 5.76. The molecule has 0 aliphatic carbocycles. The standard InChI is InChI=1S/C12H19NOS/c1-10(14)7-8-13-9-11-3-5-12(15-2)6-4-11/h3-6,10,13-14H,7-9H2,1-2H3/t10-/m1/s1. The lowest BCUT2D eigenvalue weighted by Gasteiger charge is -2.06. The molecule has 3 heteroatoms. The van der Waals surface area contributed by atoms with Crippen LogP contribution in [-0.2, 0) is 6.54 Å². The minimum absolute atomic E-state index is 0.212. The third-order valence-electron chi connectivity index (χ3n) is 2.23. The summed E-state index contributed by atoms with van der Waals surface area (Å²) in [4.78, 5) is 1.29. The van der Waals surface area contributed by atoms with E-state index < -0.39 is 0 Å². The molecule has 2 nitrogen and oxygen atoms in total. The van der Waals surface area contributed by atoms with Crippen LogP contribution in [0, 0.1) is 0 Å². The highest BCUT2D eigenvalue weighted by Gasteiger charge is 1.96. The molecule has 84 valence electrons. The fraction of sp³-hybridized carbons (Fsp3) is 0.500. The second-order valence-corrected chi connectivity index (χ2v) is 4.54. The predicted molar refractivity (Wildman–Crippen MR) is 66.2 cm³/mol. The molecule has 1 atom stereocenters. The number of aliphatic hydroxyl groups is 1. The first-order valence-corrected chi connectivity index (χ1v) is 6.46. The SMILES string of the molecule is CSc1ccc(CNCC[C@@H](C)O)cc1. The van der Waals surface area contributed by atoms with Crippen LogP contribution in [0.4, 0.5) is 0 Å². The first-order chi connectivity index (χ1) is 7.22. The first-order valence-electron chi connectivity index (χ1n) is 5.24. The van der Waals surface area contributed by atoms with Gasteiger partial charge in [-0.25, -0.2) is 0 Å². The highest BCUT2D eigenvalue weighted by atomic mass is 32.2. The monoisotopic (exact) mass is 225 g/mol. The van der Waals surface area contributed by atoms with Gasteiger partial charge in [0.15, 0.2) is 0 Å². The van der Waals surface area contributed by atoms with Gasteiger partial charge < -0.3 is 10.4 Å². The third-order valence-corrected chi connectivity index (χ3v) is 2.97. The number of hydrogen-bond donors (Lipinski definition) is 2. The van der Waals surface area contributed by atoms with Crippen molar-refractivity contribution < 1.29 is 5.11 Å². The van der Waals surface area contributed by atoms with Gasteiger partial charge in [-0.05, 0) is 43.8 Å². The van der Waals surface area contributed by atoms with Crippen LogP contribution in [0.3, 0.4) is 0 Å². The molecule has 0 bridgehead atoms. The van der Waals surface area contributed by atoms with Crippen LogP contribution in [0.15, 0.2) is 29.2 Å². The van der Waals surface area contributed by atoms with Crippen molar-refractivity contribution >= 4 is 11.8 Å². The maximum absolute atomic E-state index is 9.08. The number of thioether (sulfide) groups is 1. The quantitative estimate of drug-likeness (QED) is 0.575. The highest BCUT2D eigenvalue weighted by Crippen LogP contribution is 2.14. The fourth-order valence-electron chi connectivity index (χ4n) is 1.29. The second-order valence-electron chi connectivity index (χ2n) is 3.66. The summed E-state index contributed by atoms with van der Waals surface area (Å²) in [6.07, 6.45) is 2.68. The van der Waals surface area contributed by atoms with E-state index >= 15 is 0 Å². The lowest BCUT2D eigenvalue weighted by atomic mass is 10.2. The number of nitrogens with one attached hydrogen (secondary N) is 1. The average molecular weight is 225 g/mol. The van der Waals surface area contributed by atoms with Crippen molar-refractivity contribution in [2.75, 3.05) is 12.8 Å². The van der Waals surface area contributed by atoms with Crippen molar-refractivity contribution in [1.82, 2.24) is 5.32 Å². The van der Waals surface area contributed by atoms with E-state index in [-0.39, 0.29) is 6.10 Å². The number of rotatable bonds is 6. The molecule has 1 rings (SSSR count). The second kappa shape index (κ2) is 6.88. The number of benzene rings is 1. The molecule has 0 saturated carbocycles. The van der Waals surface area contributed by atoms with Crippen molar-refractivity contribution in [2.45, 2.75) is 30.9 Å². The Bertz CT molecular complexity index is 271. The molecule has 0 aliphatic heterocycles. The van der Waals surface area contributed by atoms with Crippen molar-refractivity contribution in [1.29, 1.82) is 0 Å². The zero-order chi connectivity index (χ0) is 11.1. The van der Waals surface area contributed by atoms with Crippen LogP contribution in [0.25, 0.3) is 0 Å². The molecule has 0 spiro atoms. The van der Waals surface area contributed by atoms with E-state index in [2.05, 4.69) is 35.8 Å².